The Balaban J connectivity index is 1.29. The Labute approximate surface area is 309 Å². The lowest BCUT2D eigenvalue weighted by molar-refractivity contribution is 0.172. The first kappa shape index (κ1) is 32.0. The minimum atomic E-state index is 0.00277. The number of para-hydroxylation sites is 1. The minimum absolute atomic E-state index is 0.00277. The predicted octanol–water partition coefficient (Wildman–Crippen LogP) is 9.40. The van der Waals surface area contributed by atoms with E-state index in [0.717, 1.165) is 42.9 Å². The van der Waals surface area contributed by atoms with Crippen molar-refractivity contribution in [2.24, 2.45) is 10.8 Å². The molecule has 5 heteroatoms. The second kappa shape index (κ2) is 10.7. The summed E-state index contributed by atoms with van der Waals surface area (Å²) in [7, 11) is 0. The number of rotatable bonds is 2. The summed E-state index contributed by atoms with van der Waals surface area (Å²) in [5, 5.41) is 0. The van der Waals surface area contributed by atoms with Crippen LogP contribution in [0.3, 0.4) is 0 Å². The van der Waals surface area contributed by atoms with Crippen LogP contribution in [0.1, 0.15) is 81.8 Å². The summed E-state index contributed by atoms with van der Waals surface area (Å²) in [5.41, 5.74) is 20.6. The molecule has 0 fully saturated rings. The zero-order valence-electron chi connectivity index (χ0n) is 32.0. The van der Waals surface area contributed by atoms with Gasteiger partial charge in [0.25, 0.3) is 6.71 Å². The van der Waals surface area contributed by atoms with Crippen LogP contribution in [0, 0.1) is 17.8 Å². The van der Waals surface area contributed by atoms with Gasteiger partial charge in [-0.25, -0.2) is 0 Å². The molecule has 4 nitrogen and oxygen atoms in total. The maximum absolute atomic E-state index is 6.44. The second-order valence-electron chi connectivity index (χ2n) is 18.8. The summed E-state index contributed by atoms with van der Waals surface area (Å²) in [5.74, 6) is 1.63. The fraction of sp³-hybridized carbons (Fsp3) is 0.362. The normalized spacial score (nSPS) is 18.4. The average Bonchev–Trinajstić information content (AvgIpc) is 3.57. The monoisotopic (exact) mass is 684 g/mol. The largest absolute Gasteiger partial charge is 0.486 e. The van der Waals surface area contributed by atoms with E-state index in [1.807, 2.05) is 6.07 Å². The molecule has 52 heavy (non-hydrogen) atoms. The lowest BCUT2D eigenvalue weighted by Gasteiger charge is -2.45. The van der Waals surface area contributed by atoms with Crippen molar-refractivity contribution in [3.8, 4) is 11.5 Å². The van der Waals surface area contributed by atoms with Crippen LogP contribution in [0.4, 0.5) is 34.1 Å². The van der Waals surface area contributed by atoms with Gasteiger partial charge < -0.3 is 19.3 Å². The quantitative estimate of drug-likeness (QED) is 0.170. The summed E-state index contributed by atoms with van der Waals surface area (Å²) < 4.78 is 12.6. The summed E-state index contributed by atoms with van der Waals surface area (Å²) in [6.45, 7) is 20.1. The van der Waals surface area contributed by atoms with E-state index < -0.39 is 0 Å². The molecule has 0 saturated carbocycles. The molecule has 0 atom stereocenters. The highest BCUT2D eigenvalue weighted by Gasteiger charge is 2.46. The van der Waals surface area contributed by atoms with E-state index in [9.17, 15) is 0 Å². The summed E-state index contributed by atoms with van der Waals surface area (Å²) >= 11 is 0. The summed E-state index contributed by atoms with van der Waals surface area (Å²) in [6, 6.07) is 30.9. The highest BCUT2D eigenvalue weighted by atomic mass is 16.6. The molecule has 3 heterocycles. The number of aryl methyl sites for hydroxylation is 1. The van der Waals surface area contributed by atoms with Crippen LogP contribution in [-0.2, 0) is 31.1 Å². The number of hydrogen-bond acceptors (Lipinski definition) is 4. The average molecular weight is 685 g/mol. The highest BCUT2D eigenvalue weighted by Crippen LogP contribution is 2.51. The number of fused-ring (bicyclic) bond motifs is 7. The number of anilines is 6. The van der Waals surface area contributed by atoms with Gasteiger partial charge in [0, 0.05) is 28.4 Å². The van der Waals surface area contributed by atoms with Crippen molar-refractivity contribution in [1.29, 1.82) is 0 Å². The van der Waals surface area contributed by atoms with Crippen molar-refractivity contribution >= 4 is 57.2 Å². The molecule has 3 aliphatic heterocycles. The first-order valence-corrected chi connectivity index (χ1v) is 19.3. The molecule has 0 aromatic heterocycles. The molecule has 0 unspecified atom stereocenters. The zero-order valence-corrected chi connectivity index (χ0v) is 32.0. The van der Waals surface area contributed by atoms with Gasteiger partial charge in [0.2, 0.25) is 0 Å². The molecule has 0 amide bonds. The van der Waals surface area contributed by atoms with Crippen LogP contribution in [0.15, 0.2) is 78.9 Å². The van der Waals surface area contributed by atoms with Crippen LogP contribution in [0.25, 0.3) is 0 Å². The molecule has 2 aliphatic carbocycles. The molecular weight excluding hydrogens is 635 g/mol. The van der Waals surface area contributed by atoms with Gasteiger partial charge in [-0.3, -0.25) is 0 Å². The Bertz CT molecular complexity index is 2350. The molecule has 10 rings (SSSR count). The first-order valence-electron chi connectivity index (χ1n) is 19.3. The molecular formula is C47H49BN2O2. The molecule has 0 radical (unpaired) electrons. The summed E-state index contributed by atoms with van der Waals surface area (Å²) in [6.07, 6.45) is 4.47. The number of hydrogen-bond donors (Lipinski definition) is 0. The fourth-order valence-corrected chi connectivity index (χ4v) is 10.1. The van der Waals surface area contributed by atoms with Gasteiger partial charge in [-0.05, 0) is 147 Å². The minimum Gasteiger partial charge on any atom is -0.486 e. The maximum atomic E-state index is 6.44. The number of benzene rings is 5. The second-order valence-corrected chi connectivity index (χ2v) is 18.8. The maximum Gasteiger partial charge on any atom is 0.252 e. The van der Waals surface area contributed by atoms with Crippen molar-refractivity contribution in [3.05, 3.63) is 112 Å². The topological polar surface area (TPSA) is 24.9 Å². The SMILES string of the molecule is Cc1cc2c3c(c1)N(c1cccc4c1OCCO4)c1ccc(C(C)(C)C)cc1B3c1cc3c(cc1N2c1ccc2c(c1)CC(C)(C)C2)CC(C)(C)C3. The Morgan fingerprint density at radius 1 is 0.596 bits per heavy atom. The van der Waals surface area contributed by atoms with E-state index in [0.29, 0.717) is 13.2 Å². The third kappa shape index (κ3) is 4.80. The van der Waals surface area contributed by atoms with Gasteiger partial charge in [-0.15, -0.1) is 0 Å². The van der Waals surface area contributed by atoms with Crippen LogP contribution in [0.5, 0.6) is 11.5 Å². The highest BCUT2D eigenvalue weighted by molar-refractivity contribution is 7.00. The van der Waals surface area contributed by atoms with Crippen molar-refractivity contribution in [3.63, 3.8) is 0 Å². The smallest absolute Gasteiger partial charge is 0.252 e. The first-order chi connectivity index (χ1) is 24.7. The van der Waals surface area contributed by atoms with E-state index in [4.69, 9.17) is 9.47 Å². The van der Waals surface area contributed by atoms with Gasteiger partial charge in [0.15, 0.2) is 11.5 Å². The Kier molecular flexibility index (Phi) is 6.60. The van der Waals surface area contributed by atoms with Crippen LogP contribution in [-0.4, -0.2) is 19.9 Å². The molecule has 5 aromatic carbocycles. The molecule has 5 aromatic rings. The standard InChI is InChI=1S/C47H49BN2O2/c1-28-18-40-43-41(19-28)50(38-10-9-11-42-44(38)52-17-16-51-42)37-15-13-33(45(2,3)4)23-36(37)48(43)35-21-31-26-47(7,8)27-32(31)22-39(35)49(40)34-14-12-29-24-46(5,6)25-30(29)20-34/h9-15,18-23H,16-17,24-27H2,1-8H3. The van der Waals surface area contributed by atoms with E-state index in [1.54, 1.807) is 0 Å². The Hall–Kier alpha value is -4.64. The number of nitrogens with zero attached hydrogens (tertiary/aromatic N) is 2. The molecule has 262 valence electrons. The van der Waals surface area contributed by atoms with E-state index in [-0.39, 0.29) is 23.0 Å². The van der Waals surface area contributed by atoms with Crippen molar-refractivity contribution in [2.75, 3.05) is 23.0 Å². The van der Waals surface area contributed by atoms with Crippen LogP contribution >= 0.6 is 0 Å². The third-order valence-electron chi connectivity index (χ3n) is 12.3. The van der Waals surface area contributed by atoms with E-state index in [2.05, 4.69) is 138 Å². The Morgan fingerprint density at radius 2 is 1.25 bits per heavy atom. The van der Waals surface area contributed by atoms with E-state index in [1.165, 1.54) is 78.2 Å². The van der Waals surface area contributed by atoms with E-state index >= 15 is 0 Å². The molecule has 5 aliphatic rings. The fourth-order valence-electron chi connectivity index (χ4n) is 10.1. The Morgan fingerprint density at radius 3 is 2.00 bits per heavy atom. The van der Waals surface area contributed by atoms with Crippen molar-refractivity contribution in [2.45, 2.75) is 86.5 Å². The molecule has 0 saturated heterocycles. The molecule has 0 N–H and O–H groups in total. The third-order valence-corrected chi connectivity index (χ3v) is 12.3. The van der Waals surface area contributed by atoms with Crippen LogP contribution in [0.2, 0.25) is 0 Å². The van der Waals surface area contributed by atoms with Gasteiger partial charge in [-0.2, -0.15) is 0 Å². The van der Waals surface area contributed by atoms with Crippen LogP contribution < -0.4 is 35.7 Å². The van der Waals surface area contributed by atoms with Crippen molar-refractivity contribution < 1.29 is 9.47 Å². The van der Waals surface area contributed by atoms with Gasteiger partial charge >= 0.3 is 0 Å². The van der Waals surface area contributed by atoms with Crippen molar-refractivity contribution in [1.82, 2.24) is 0 Å². The molecule has 0 spiro atoms. The lowest BCUT2D eigenvalue weighted by Crippen LogP contribution is -2.61. The number of ether oxygens (including phenoxy) is 2. The molecule has 0 bridgehead atoms. The van der Waals surface area contributed by atoms with Gasteiger partial charge in [-0.1, -0.05) is 78.8 Å². The lowest BCUT2D eigenvalue weighted by atomic mass is 9.33. The zero-order chi connectivity index (χ0) is 35.9. The van der Waals surface area contributed by atoms with Gasteiger partial charge in [0.1, 0.15) is 13.2 Å². The van der Waals surface area contributed by atoms with Gasteiger partial charge in [0.05, 0.1) is 5.69 Å². The predicted molar refractivity (Wildman–Crippen MR) is 217 cm³/mol. The summed E-state index contributed by atoms with van der Waals surface area (Å²) in [4.78, 5) is 5.09.